The number of carbonyl (C=O) groups excluding carboxylic acids is 1. The van der Waals surface area contributed by atoms with Crippen LogP contribution in [0.5, 0.6) is 0 Å². The highest BCUT2D eigenvalue weighted by atomic mass is 16.2. The van der Waals surface area contributed by atoms with Crippen molar-refractivity contribution >= 4 is 5.91 Å². The van der Waals surface area contributed by atoms with Crippen molar-refractivity contribution < 1.29 is 4.79 Å². The molecular formula is C17H28N2O. The standard InChI is InChI=1S/C17H28N2O/c1-7-17(5,6)18-14(13-11-9-8-10-12-13)15(20)19-16(2,3)4/h8-12,14,18H,7H2,1-6H3,(H,19,20). The van der Waals surface area contributed by atoms with E-state index < -0.39 is 0 Å². The molecule has 112 valence electrons. The summed E-state index contributed by atoms with van der Waals surface area (Å²) in [5.74, 6) is 0.0187. The van der Waals surface area contributed by atoms with Crippen LogP contribution < -0.4 is 10.6 Å². The molecule has 0 bridgehead atoms. The quantitative estimate of drug-likeness (QED) is 0.865. The molecule has 1 rings (SSSR count). The zero-order valence-electron chi connectivity index (χ0n) is 13.6. The molecule has 3 nitrogen and oxygen atoms in total. The average molecular weight is 276 g/mol. The van der Waals surface area contributed by atoms with E-state index in [1.165, 1.54) is 0 Å². The molecular weight excluding hydrogens is 248 g/mol. The van der Waals surface area contributed by atoms with Gasteiger partial charge in [-0.1, -0.05) is 37.3 Å². The van der Waals surface area contributed by atoms with Gasteiger partial charge < -0.3 is 5.32 Å². The fourth-order valence-electron chi connectivity index (χ4n) is 1.88. The molecule has 1 aromatic carbocycles. The maximum absolute atomic E-state index is 12.6. The Bertz CT molecular complexity index is 432. The topological polar surface area (TPSA) is 41.1 Å². The fourth-order valence-corrected chi connectivity index (χ4v) is 1.88. The van der Waals surface area contributed by atoms with Crippen LogP contribution in [-0.4, -0.2) is 17.0 Å². The van der Waals surface area contributed by atoms with Crippen LogP contribution in [0.3, 0.4) is 0 Å². The van der Waals surface area contributed by atoms with E-state index in [9.17, 15) is 4.79 Å². The number of carbonyl (C=O) groups is 1. The second kappa shape index (κ2) is 6.40. The number of hydrogen-bond donors (Lipinski definition) is 2. The molecule has 1 atom stereocenters. The zero-order valence-corrected chi connectivity index (χ0v) is 13.6. The highest BCUT2D eigenvalue weighted by Crippen LogP contribution is 2.20. The predicted octanol–water partition coefficient (Wildman–Crippen LogP) is 3.42. The molecule has 0 saturated heterocycles. The lowest BCUT2D eigenvalue weighted by Crippen LogP contribution is -2.51. The molecule has 0 fully saturated rings. The van der Waals surface area contributed by atoms with Gasteiger partial charge in [-0.3, -0.25) is 10.1 Å². The Labute approximate surface area is 123 Å². The van der Waals surface area contributed by atoms with Gasteiger partial charge in [-0.2, -0.15) is 0 Å². The van der Waals surface area contributed by atoms with E-state index in [-0.39, 0.29) is 23.0 Å². The summed E-state index contributed by atoms with van der Waals surface area (Å²) in [5, 5.41) is 6.53. The SMILES string of the molecule is CCC(C)(C)NC(C(=O)NC(C)(C)C)c1ccccc1. The summed E-state index contributed by atoms with van der Waals surface area (Å²) in [5.41, 5.74) is 0.675. The first kappa shape index (κ1) is 16.7. The Morgan fingerprint density at radius 1 is 1.10 bits per heavy atom. The minimum Gasteiger partial charge on any atom is -0.350 e. The summed E-state index contributed by atoms with van der Waals surface area (Å²) >= 11 is 0. The van der Waals surface area contributed by atoms with E-state index in [1.807, 2.05) is 51.1 Å². The van der Waals surface area contributed by atoms with Crippen LogP contribution in [0, 0.1) is 0 Å². The first-order valence-electron chi connectivity index (χ1n) is 7.29. The molecule has 0 saturated carbocycles. The Morgan fingerprint density at radius 2 is 1.65 bits per heavy atom. The first-order chi connectivity index (χ1) is 9.14. The number of benzene rings is 1. The highest BCUT2D eigenvalue weighted by molar-refractivity contribution is 5.83. The van der Waals surface area contributed by atoms with Crippen LogP contribution in [-0.2, 0) is 4.79 Å². The molecule has 0 aliphatic carbocycles. The number of rotatable bonds is 5. The molecule has 2 N–H and O–H groups in total. The molecule has 3 heteroatoms. The van der Waals surface area contributed by atoms with E-state index in [1.54, 1.807) is 0 Å². The van der Waals surface area contributed by atoms with Gasteiger partial charge in [-0.15, -0.1) is 0 Å². The van der Waals surface area contributed by atoms with E-state index in [0.29, 0.717) is 0 Å². The number of nitrogens with one attached hydrogen (secondary N) is 2. The van der Waals surface area contributed by atoms with Crippen LogP contribution in [0.25, 0.3) is 0 Å². The van der Waals surface area contributed by atoms with Gasteiger partial charge >= 0.3 is 0 Å². The number of amides is 1. The molecule has 0 aliphatic rings. The van der Waals surface area contributed by atoms with Gasteiger partial charge in [0.05, 0.1) is 0 Å². The van der Waals surface area contributed by atoms with Crippen molar-refractivity contribution in [3.63, 3.8) is 0 Å². The van der Waals surface area contributed by atoms with E-state index in [2.05, 4.69) is 31.4 Å². The molecule has 1 amide bonds. The number of hydrogen-bond acceptors (Lipinski definition) is 2. The van der Waals surface area contributed by atoms with Crippen LogP contribution in [0.4, 0.5) is 0 Å². The summed E-state index contributed by atoms with van der Waals surface area (Å²) in [6.07, 6.45) is 0.957. The highest BCUT2D eigenvalue weighted by Gasteiger charge is 2.28. The summed E-state index contributed by atoms with van der Waals surface area (Å²) < 4.78 is 0. The average Bonchev–Trinajstić information content (AvgIpc) is 2.35. The van der Waals surface area contributed by atoms with Crippen molar-refractivity contribution in [2.45, 2.75) is 65.1 Å². The Hall–Kier alpha value is -1.35. The summed E-state index contributed by atoms with van der Waals surface area (Å²) in [6.45, 7) is 12.4. The van der Waals surface area contributed by atoms with Crippen LogP contribution >= 0.6 is 0 Å². The van der Waals surface area contributed by atoms with Crippen molar-refractivity contribution in [3.8, 4) is 0 Å². The van der Waals surface area contributed by atoms with E-state index >= 15 is 0 Å². The molecule has 0 radical (unpaired) electrons. The third-order valence-corrected chi connectivity index (χ3v) is 3.31. The summed E-state index contributed by atoms with van der Waals surface area (Å²) in [4.78, 5) is 12.6. The monoisotopic (exact) mass is 276 g/mol. The van der Waals surface area contributed by atoms with Crippen molar-refractivity contribution in [2.75, 3.05) is 0 Å². The fraction of sp³-hybridized carbons (Fsp3) is 0.588. The maximum atomic E-state index is 12.6. The molecule has 1 aromatic rings. The van der Waals surface area contributed by atoms with E-state index in [4.69, 9.17) is 0 Å². The van der Waals surface area contributed by atoms with E-state index in [0.717, 1.165) is 12.0 Å². The lowest BCUT2D eigenvalue weighted by atomic mass is 9.96. The van der Waals surface area contributed by atoms with Crippen molar-refractivity contribution in [3.05, 3.63) is 35.9 Å². The van der Waals surface area contributed by atoms with Crippen LogP contribution in [0.1, 0.15) is 59.6 Å². The predicted molar refractivity (Wildman–Crippen MR) is 84.6 cm³/mol. The molecule has 0 spiro atoms. The Kier molecular flexibility index (Phi) is 5.35. The second-order valence-corrected chi connectivity index (χ2v) is 6.96. The zero-order chi connectivity index (χ0) is 15.4. The lowest BCUT2D eigenvalue weighted by Gasteiger charge is -2.32. The Morgan fingerprint density at radius 3 is 2.10 bits per heavy atom. The lowest BCUT2D eigenvalue weighted by molar-refractivity contribution is -0.125. The molecule has 0 aromatic heterocycles. The third kappa shape index (κ3) is 5.33. The van der Waals surface area contributed by atoms with Gasteiger partial charge in [0.15, 0.2) is 0 Å². The van der Waals surface area contributed by atoms with Gasteiger partial charge in [0.2, 0.25) is 5.91 Å². The minimum absolute atomic E-state index is 0.0187. The van der Waals surface area contributed by atoms with Crippen LogP contribution in [0.2, 0.25) is 0 Å². The minimum atomic E-state index is -0.328. The van der Waals surface area contributed by atoms with Gasteiger partial charge in [-0.05, 0) is 46.6 Å². The largest absolute Gasteiger partial charge is 0.350 e. The Balaban J connectivity index is 2.99. The third-order valence-electron chi connectivity index (χ3n) is 3.31. The first-order valence-corrected chi connectivity index (χ1v) is 7.29. The molecule has 0 aliphatic heterocycles. The summed E-state index contributed by atoms with van der Waals surface area (Å²) in [6, 6.07) is 9.55. The normalized spacial score (nSPS) is 13.9. The molecule has 20 heavy (non-hydrogen) atoms. The summed E-state index contributed by atoms with van der Waals surface area (Å²) in [7, 11) is 0. The second-order valence-electron chi connectivity index (χ2n) is 6.96. The smallest absolute Gasteiger partial charge is 0.242 e. The van der Waals surface area contributed by atoms with Crippen molar-refractivity contribution in [1.29, 1.82) is 0 Å². The van der Waals surface area contributed by atoms with Gasteiger partial charge in [0.25, 0.3) is 0 Å². The van der Waals surface area contributed by atoms with Gasteiger partial charge in [0.1, 0.15) is 6.04 Å². The maximum Gasteiger partial charge on any atom is 0.242 e. The molecule has 1 unspecified atom stereocenters. The van der Waals surface area contributed by atoms with Gasteiger partial charge in [0, 0.05) is 11.1 Å². The van der Waals surface area contributed by atoms with Gasteiger partial charge in [-0.25, -0.2) is 0 Å². The van der Waals surface area contributed by atoms with Crippen LogP contribution in [0.15, 0.2) is 30.3 Å². The van der Waals surface area contributed by atoms with Crippen molar-refractivity contribution in [1.82, 2.24) is 10.6 Å². The molecule has 0 heterocycles. The van der Waals surface area contributed by atoms with Crippen molar-refractivity contribution in [2.24, 2.45) is 0 Å².